The molecule has 3 aromatic rings. The second-order valence-corrected chi connectivity index (χ2v) is 10.1. The minimum absolute atomic E-state index is 0.158. The van der Waals surface area contributed by atoms with Crippen LogP contribution in [0.5, 0.6) is 0 Å². The maximum Gasteiger partial charge on any atom is 0.286 e. The van der Waals surface area contributed by atoms with Crippen LogP contribution in [0.2, 0.25) is 0 Å². The van der Waals surface area contributed by atoms with E-state index in [1.165, 1.54) is 23.0 Å². The summed E-state index contributed by atoms with van der Waals surface area (Å²) in [5.74, 6) is -0.192. The maximum absolute atomic E-state index is 12.9. The first-order chi connectivity index (χ1) is 15.9. The lowest BCUT2D eigenvalue weighted by atomic mass is 9.87. The van der Waals surface area contributed by atoms with Crippen molar-refractivity contribution in [1.29, 1.82) is 0 Å². The third-order valence-electron chi connectivity index (χ3n) is 6.51. The van der Waals surface area contributed by atoms with Crippen LogP contribution in [0.1, 0.15) is 31.4 Å². The molecule has 0 saturated carbocycles. The molecule has 0 N–H and O–H groups in total. The lowest BCUT2D eigenvalue weighted by Crippen LogP contribution is -2.44. The van der Waals surface area contributed by atoms with Crippen molar-refractivity contribution in [2.45, 2.75) is 32.2 Å². The third kappa shape index (κ3) is 4.21. The van der Waals surface area contributed by atoms with E-state index in [-0.39, 0.29) is 11.4 Å². The molecule has 0 fully saturated rings. The highest BCUT2D eigenvalue weighted by atomic mass is 32.2. The molecular weight excluding hydrogens is 426 g/mol. The van der Waals surface area contributed by atoms with E-state index in [1.807, 2.05) is 71.6 Å². The smallest absolute Gasteiger partial charge is 0.286 e. The number of rotatable bonds is 3. The summed E-state index contributed by atoms with van der Waals surface area (Å²) < 4.78 is 0. The monoisotopic (exact) mass is 453 g/mol. The summed E-state index contributed by atoms with van der Waals surface area (Å²) in [4.78, 5) is 22.3. The van der Waals surface area contributed by atoms with Crippen LogP contribution in [-0.2, 0) is 11.2 Å². The first-order valence-corrected chi connectivity index (χ1v) is 12.0. The van der Waals surface area contributed by atoms with Crippen molar-refractivity contribution in [1.82, 2.24) is 0 Å². The summed E-state index contributed by atoms with van der Waals surface area (Å²) in [6.45, 7) is 4.56. The molecule has 0 unspecified atom stereocenters. The van der Waals surface area contributed by atoms with Crippen molar-refractivity contribution in [2.75, 3.05) is 16.8 Å². The van der Waals surface area contributed by atoms with Crippen LogP contribution in [0.3, 0.4) is 0 Å². The number of aryl methyl sites for hydroxylation is 1. The van der Waals surface area contributed by atoms with Crippen molar-refractivity contribution in [2.24, 2.45) is 4.99 Å². The summed E-state index contributed by atoms with van der Waals surface area (Å²) in [5, 5.41) is 0.670. The number of anilines is 3. The van der Waals surface area contributed by atoms with Gasteiger partial charge in [0, 0.05) is 29.6 Å². The van der Waals surface area contributed by atoms with E-state index in [0.29, 0.717) is 10.1 Å². The number of carbonyl (C=O) groups is 1. The molecule has 0 radical (unpaired) electrons. The van der Waals surface area contributed by atoms with E-state index >= 15 is 0 Å². The van der Waals surface area contributed by atoms with E-state index in [9.17, 15) is 4.79 Å². The molecule has 0 saturated heterocycles. The largest absolute Gasteiger partial charge is 0.369 e. The van der Waals surface area contributed by atoms with Gasteiger partial charge in [-0.3, -0.25) is 9.69 Å². The number of nitrogens with zero attached hydrogens (tertiary/aromatic N) is 3. The first kappa shape index (κ1) is 21.5. The SMILES string of the molecule is CN1c2ccc(/C=C3/SC(N(c4ccccc4)c4ccccc4)=NC3=O)cc2CCC1(C)C. The number of hydrogen-bond donors (Lipinski definition) is 0. The second kappa shape index (κ2) is 8.56. The van der Waals surface area contributed by atoms with E-state index in [0.717, 1.165) is 29.8 Å². The fourth-order valence-corrected chi connectivity index (χ4v) is 5.28. The molecule has 1 amide bonds. The van der Waals surface area contributed by atoms with Crippen molar-refractivity contribution in [3.05, 3.63) is 94.9 Å². The minimum Gasteiger partial charge on any atom is -0.369 e. The Hall–Kier alpha value is -3.31. The highest BCUT2D eigenvalue weighted by molar-refractivity contribution is 8.18. The predicted octanol–water partition coefficient (Wildman–Crippen LogP) is 6.66. The number of benzene rings is 3. The molecule has 33 heavy (non-hydrogen) atoms. The second-order valence-electron chi connectivity index (χ2n) is 9.08. The molecule has 5 heteroatoms. The highest BCUT2D eigenvalue weighted by Crippen LogP contribution is 2.39. The van der Waals surface area contributed by atoms with Crippen molar-refractivity contribution < 1.29 is 4.79 Å². The number of amidine groups is 1. The standard InChI is InChI=1S/C28H27N3OS/c1-28(2)17-16-21-18-20(14-15-24(21)30(28)3)19-25-26(32)29-27(33-25)31(22-10-6-4-7-11-22)23-12-8-5-9-13-23/h4-15,18-19H,16-17H2,1-3H3/b25-19+. The van der Waals surface area contributed by atoms with Gasteiger partial charge in [0.15, 0.2) is 5.17 Å². The zero-order valence-electron chi connectivity index (χ0n) is 19.2. The number of fused-ring (bicyclic) bond motifs is 1. The summed E-state index contributed by atoms with van der Waals surface area (Å²) in [5.41, 5.74) is 5.76. The van der Waals surface area contributed by atoms with Crippen LogP contribution in [-0.4, -0.2) is 23.7 Å². The Bertz CT molecular complexity index is 1210. The fraction of sp³-hybridized carbons (Fsp3) is 0.214. The zero-order chi connectivity index (χ0) is 23.0. The molecular formula is C28H27N3OS. The number of para-hydroxylation sites is 2. The number of aliphatic imine (C=N–C) groups is 1. The average molecular weight is 454 g/mol. The molecule has 2 heterocycles. The van der Waals surface area contributed by atoms with Gasteiger partial charge in [-0.1, -0.05) is 42.5 Å². The van der Waals surface area contributed by atoms with Crippen molar-refractivity contribution >= 4 is 46.0 Å². The normalized spacial score (nSPS) is 18.3. The Morgan fingerprint density at radius 2 is 1.61 bits per heavy atom. The number of amides is 1. The zero-order valence-corrected chi connectivity index (χ0v) is 20.0. The highest BCUT2D eigenvalue weighted by Gasteiger charge is 2.31. The minimum atomic E-state index is -0.192. The van der Waals surface area contributed by atoms with Gasteiger partial charge < -0.3 is 4.90 Å². The van der Waals surface area contributed by atoms with E-state index in [4.69, 9.17) is 0 Å². The third-order valence-corrected chi connectivity index (χ3v) is 7.47. The summed E-state index contributed by atoms with van der Waals surface area (Å²) >= 11 is 1.43. The fourth-order valence-electron chi connectivity index (χ4n) is 4.33. The molecule has 3 aromatic carbocycles. The van der Waals surface area contributed by atoms with Crippen molar-refractivity contribution in [3.8, 4) is 0 Å². The van der Waals surface area contributed by atoms with Gasteiger partial charge in [0.05, 0.1) is 4.91 Å². The Balaban J connectivity index is 1.45. The molecule has 4 nitrogen and oxygen atoms in total. The Kier molecular flexibility index (Phi) is 5.59. The topological polar surface area (TPSA) is 35.9 Å². The van der Waals surface area contributed by atoms with Crippen LogP contribution < -0.4 is 9.80 Å². The summed E-state index contributed by atoms with van der Waals surface area (Å²) in [6.07, 6.45) is 4.13. The van der Waals surface area contributed by atoms with Crippen LogP contribution in [0.4, 0.5) is 17.1 Å². The average Bonchev–Trinajstić information content (AvgIpc) is 3.17. The molecule has 0 aromatic heterocycles. The van der Waals surface area contributed by atoms with Crippen LogP contribution >= 0.6 is 11.8 Å². The van der Waals surface area contributed by atoms with E-state index in [1.54, 1.807) is 0 Å². The molecule has 5 rings (SSSR count). The first-order valence-electron chi connectivity index (χ1n) is 11.2. The quantitative estimate of drug-likeness (QED) is 0.416. The summed E-state index contributed by atoms with van der Waals surface area (Å²) in [6, 6.07) is 26.6. The van der Waals surface area contributed by atoms with Gasteiger partial charge in [-0.2, -0.15) is 4.99 Å². The lowest BCUT2D eigenvalue weighted by Gasteiger charge is -2.42. The molecule has 0 atom stereocenters. The van der Waals surface area contributed by atoms with Gasteiger partial charge in [0.2, 0.25) is 0 Å². The van der Waals surface area contributed by atoms with Crippen LogP contribution in [0.15, 0.2) is 88.8 Å². The Morgan fingerprint density at radius 3 is 2.24 bits per heavy atom. The predicted molar refractivity (Wildman–Crippen MR) is 140 cm³/mol. The summed E-state index contributed by atoms with van der Waals surface area (Å²) in [7, 11) is 2.16. The molecule has 2 aliphatic rings. The van der Waals surface area contributed by atoms with Crippen LogP contribution in [0.25, 0.3) is 6.08 Å². The van der Waals surface area contributed by atoms with Gasteiger partial charge in [-0.15, -0.1) is 0 Å². The Labute approximate surface area is 199 Å². The Morgan fingerprint density at radius 1 is 0.970 bits per heavy atom. The maximum atomic E-state index is 12.9. The van der Waals surface area contributed by atoms with E-state index in [2.05, 4.69) is 49.0 Å². The number of thioether (sulfide) groups is 1. The van der Waals surface area contributed by atoms with Crippen LogP contribution in [0, 0.1) is 0 Å². The van der Waals surface area contributed by atoms with Gasteiger partial charge in [-0.25, -0.2) is 0 Å². The number of hydrogen-bond acceptors (Lipinski definition) is 4. The molecule has 2 aliphatic heterocycles. The molecule has 0 aliphatic carbocycles. The van der Waals surface area contributed by atoms with E-state index < -0.39 is 0 Å². The molecule has 0 spiro atoms. The van der Waals surface area contributed by atoms with Crippen molar-refractivity contribution in [3.63, 3.8) is 0 Å². The molecule has 166 valence electrons. The lowest BCUT2D eigenvalue weighted by molar-refractivity contribution is -0.113. The van der Waals surface area contributed by atoms with Gasteiger partial charge in [-0.05, 0) is 92.1 Å². The molecule has 0 bridgehead atoms. The van der Waals surface area contributed by atoms with Gasteiger partial charge in [0.1, 0.15) is 0 Å². The van der Waals surface area contributed by atoms with Gasteiger partial charge in [0.25, 0.3) is 5.91 Å². The van der Waals surface area contributed by atoms with Gasteiger partial charge >= 0.3 is 0 Å². The number of carbonyl (C=O) groups excluding carboxylic acids is 1.